The van der Waals surface area contributed by atoms with Gasteiger partial charge in [0.25, 0.3) is 0 Å². The SMILES string of the molecule is C[C@H]1OC([C@](O)(C=O)[C@@H](O)[C@H](O)[C@H](O)CO)[C@@H](O)[C@@H](O)[C@@H]1O. The van der Waals surface area contributed by atoms with Crippen LogP contribution in [0, 0.1) is 0 Å². The molecule has 0 aromatic heterocycles. The van der Waals surface area contributed by atoms with Gasteiger partial charge in [0.15, 0.2) is 11.9 Å². The van der Waals surface area contributed by atoms with E-state index in [1.54, 1.807) is 0 Å². The first-order valence-corrected chi connectivity index (χ1v) is 6.65. The van der Waals surface area contributed by atoms with E-state index in [-0.39, 0.29) is 6.29 Å². The Morgan fingerprint density at radius 3 is 2.14 bits per heavy atom. The fourth-order valence-electron chi connectivity index (χ4n) is 2.33. The minimum atomic E-state index is -2.90. The lowest BCUT2D eigenvalue weighted by Crippen LogP contribution is -2.70. The third-order valence-corrected chi connectivity index (χ3v) is 3.88. The summed E-state index contributed by atoms with van der Waals surface area (Å²) < 4.78 is 5.07. The van der Waals surface area contributed by atoms with E-state index in [1.807, 2.05) is 0 Å². The van der Waals surface area contributed by atoms with Crippen LogP contribution in [0.5, 0.6) is 0 Å². The van der Waals surface area contributed by atoms with Crippen LogP contribution >= 0.6 is 0 Å². The molecule has 0 aliphatic carbocycles. The second kappa shape index (κ2) is 7.25. The average molecular weight is 326 g/mol. The first-order chi connectivity index (χ1) is 10.1. The monoisotopic (exact) mass is 326 g/mol. The van der Waals surface area contributed by atoms with Gasteiger partial charge in [0.05, 0.1) is 12.7 Å². The molecule has 1 rings (SSSR count). The maximum absolute atomic E-state index is 11.2. The number of aliphatic hydroxyl groups excluding tert-OH is 7. The molecule has 10 heteroatoms. The van der Waals surface area contributed by atoms with Crippen LogP contribution in [-0.4, -0.2) is 108 Å². The number of ether oxygens (including phenoxy) is 1. The molecule has 0 amide bonds. The molecule has 0 saturated carbocycles. The lowest BCUT2D eigenvalue weighted by Gasteiger charge is -2.46. The summed E-state index contributed by atoms with van der Waals surface area (Å²) in [4.78, 5) is 11.2. The maximum atomic E-state index is 11.2. The van der Waals surface area contributed by atoms with Crippen molar-refractivity contribution in [2.24, 2.45) is 0 Å². The molecule has 8 N–H and O–H groups in total. The Bertz CT molecular complexity index is 379. The van der Waals surface area contributed by atoms with Crippen molar-refractivity contribution in [2.75, 3.05) is 6.61 Å². The molecule has 1 aliphatic heterocycles. The summed E-state index contributed by atoms with van der Waals surface area (Å²) in [6.45, 7) is 0.336. The van der Waals surface area contributed by atoms with Crippen LogP contribution in [0.2, 0.25) is 0 Å². The standard InChI is InChI=1S/C12H22O10/c1-4-6(16)8(18)9(19)11(22-4)12(21,3-14)10(20)7(17)5(15)2-13/h3-11,13,15-21H,2H2,1H3/t4-,5-,6-,7-,8+,9+,10+,11?,12+/m1/s1. The highest BCUT2D eigenvalue weighted by Gasteiger charge is 2.56. The van der Waals surface area contributed by atoms with Gasteiger partial charge in [-0.15, -0.1) is 0 Å². The summed E-state index contributed by atoms with van der Waals surface area (Å²) in [7, 11) is 0. The molecule has 1 heterocycles. The minimum Gasteiger partial charge on any atom is -0.394 e. The fourth-order valence-corrected chi connectivity index (χ4v) is 2.33. The first-order valence-electron chi connectivity index (χ1n) is 6.65. The van der Waals surface area contributed by atoms with Gasteiger partial charge in [0.1, 0.15) is 42.7 Å². The molecule has 130 valence electrons. The van der Waals surface area contributed by atoms with Crippen LogP contribution in [0.4, 0.5) is 0 Å². The summed E-state index contributed by atoms with van der Waals surface area (Å²) in [5.41, 5.74) is -2.90. The van der Waals surface area contributed by atoms with E-state index in [9.17, 15) is 40.5 Å². The van der Waals surface area contributed by atoms with Crippen molar-refractivity contribution in [1.82, 2.24) is 0 Å². The molecule has 10 nitrogen and oxygen atoms in total. The normalized spacial score (nSPS) is 39.6. The Morgan fingerprint density at radius 2 is 1.68 bits per heavy atom. The van der Waals surface area contributed by atoms with Crippen LogP contribution in [0.3, 0.4) is 0 Å². The molecule has 1 saturated heterocycles. The molecular formula is C12H22O10. The van der Waals surface area contributed by atoms with Gasteiger partial charge in [-0.25, -0.2) is 0 Å². The van der Waals surface area contributed by atoms with Crippen LogP contribution in [0.25, 0.3) is 0 Å². The second-order valence-electron chi connectivity index (χ2n) is 5.42. The van der Waals surface area contributed by atoms with Crippen molar-refractivity contribution >= 4 is 6.29 Å². The van der Waals surface area contributed by atoms with Gasteiger partial charge in [0, 0.05) is 0 Å². The van der Waals surface area contributed by atoms with Crippen LogP contribution in [0.15, 0.2) is 0 Å². The molecule has 0 bridgehead atoms. The van der Waals surface area contributed by atoms with Gasteiger partial charge in [0.2, 0.25) is 0 Å². The number of hydrogen-bond donors (Lipinski definition) is 8. The van der Waals surface area contributed by atoms with E-state index < -0.39 is 61.0 Å². The van der Waals surface area contributed by atoms with Gasteiger partial charge in [-0.1, -0.05) is 0 Å². The Labute approximate surface area is 125 Å². The zero-order chi connectivity index (χ0) is 17.2. The van der Waals surface area contributed by atoms with Gasteiger partial charge in [-0.2, -0.15) is 0 Å². The van der Waals surface area contributed by atoms with Gasteiger partial charge >= 0.3 is 0 Å². The molecule has 0 spiro atoms. The molecule has 9 atom stereocenters. The predicted molar refractivity (Wildman–Crippen MR) is 68.5 cm³/mol. The van der Waals surface area contributed by atoms with E-state index in [4.69, 9.17) is 9.84 Å². The van der Waals surface area contributed by atoms with Crippen molar-refractivity contribution in [2.45, 2.75) is 61.4 Å². The Morgan fingerprint density at radius 1 is 1.14 bits per heavy atom. The summed E-state index contributed by atoms with van der Waals surface area (Å²) in [6, 6.07) is 0. The van der Waals surface area contributed by atoms with E-state index in [0.29, 0.717) is 0 Å². The molecule has 22 heavy (non-hydrogen) atoms. The quantitative estimate of drug-likeness (QED) is 0.219. The highest BCUT2D eigenvalue weighted by atomic mass is 16.6. The number of aldehydes is 1. The van der Waals surface area contributed by atoms with E-state index in [1.165, 1.54) is 6.92 Å². The third kappa shape index (κ3) is 3.30. The van der Waals surface area contributed by atoms with Crippen molar-refractivity contribution in [3.63, 3.8) is 0 Å². The summed E-state index contributed by atoms with van der Waals surface area (Å²) in [6.07, 6.45) is -14.7. The van der Waals surface area contributed by atoms with Crippen molar-refractivity contribution in [1.29, 1.82) is 0 Å². The van der Waals surface area contributed by atoms with Gasteiger partial charge in [-0.3, -0.25) is 4.79 Å². The minimum absolute atomic E-state index is 0.212. The Balaban J connectivity index is 3.08. The van der Waals surface area contributed by atoms with Crippen LogP contribution in [0.1, 0.15) is 6.92 Å². The summed E-state index contributed by atoms with van der Waals surface area (Å²) >= 11 is 0. The van der Waals surface area contributed by atoms with Crippen molar-refractivity contribution in [3.05, 3.63) is 0 Å². The largest absolute Gasteiger partial charge is 0.394 e. The van der Waals surface area contributed by atoms with E-state index in [2.05, 4.69) is 0 Å². The number of carbonyl (C=O) groups excluding carboxylic acids is 1. The van der Waals surface area contributed by atoms with Crippen LogP contribution in [-0.2, 0) is 9.53 Å². The fraction of sp³-hybridized carbons (Fsp3) is 0.917. The van der Waals surface area contributed by atoms with E-state index in [0.717, 1.165) is 0 Å². The molecule has 1 aliphatic rings. The number of carbonyl (C=O) groups is 1. The maximum Gasteiger partial charge on any atom is 0.177 e. The average Bonchev–Trinajstić information content (AvgIpc) is 2.53. The Hall–Kier alpha value is -0.690. The first kappa shape index (κ1) is 19.4. The summed E-state index contributed by atoms with van der Waals surface area (Å²) in [5.74, 6) is 0. The molecule has 0 aromatic carbocycles. The highest BCUT2D eigenvalue weighted by Crippen LogP contribution is 2.31. The lowest BCUT2D eigenvalue weighted by atomic mass is 9.80. The number of aliphatic hydroxyl groups is 8. The highest BCUT2D eigenvalue weighted by molar-refractivity contribution is 5.65. The predicted octanol–water partition coefficient (Wildman–Crippen LogP) is -5.14. The summed E-state index contributed by atoms with van der Waals surface area (Å²) in [5, 5.41) is 76.9. The molecule has 0 aromatic rings. The van der Waals surface area contributed by atoms with Crippen LogP contribution < -0.4 is 0 Å². The van der Waals surface area contributed by atoms with Gasteiger partial charge in [-0.05, 0) is 6.92 Å². The topological polar surface area (TPSA) is 188 Å². The van der Waals surface area contributed by atoms with Crippen molar-refractivity contribution < 1.29 is 50.4 Å². The lowest BCUT2D eigenvalue weighted by molar-refractivity contribution is -0.276. The smallest absolute Gasteiger partial charge is 0.177 e. The van der Waals surface area contributed by atoms with Crippen molar-refractivity contribution in [3.8, 4) is 0 Å². The van der Waals surface area contributed by atoms with E-state index >= 15 is 0 Å². The molecule has 0 radical (unpaired) electrons. The second-order valence-corrected chi connectivity index (χ2v) is 5.42. The number of hydrogen-bond acceptors (Lipinski definition) is 10. The molecule has 1 unspecified atom stereocenters. The third-order valence-electron chi connectivity index (χ3n) is 3.88. The Kier molecular flexibility index (Phi) is 6.38. The zero-order valence-electron chi connectivity index (χ0n) is 11.8. The zero-order valence-corrected chi connectivity index (χ0v) is 11.8. The van der Waals surface area contributed by atoms with Gasteiger partial charge < -0.3 is 45.6 Å². The molecule has 1 fully saturated rings. The molecular weight excluding hydrogens is 304 g/mol. The number of rotatable bonds is 6.